The van der Waals surface area contributed by atoms with E-state index in [9.17, 15) is 35.9 Å². The lowest BCUT2D eigenvalue weighted by Gasteiger charge is -2.34. The number of hydrogen-bond donors (Lipinski definition) is 3. The Morgan fingerprint density at radius 2 is 1.97 bits per heavy atom. The molecule has 3 N–H and O–H groups in total. The van der Waals surface area contributed by atoms with E-state index in [2.05, 4.69) is 15.6 Å². The van der Waals surface area contributed by atoms with E-state index >= 15 is 0 Å². The second-order valence-electron chi connectivity index (χ2n) is 7.72. The number of aromatic amines is 1. The number of alkyl halides is 5. The number of carbonyl (C=O) groups is 1. The Labute approximate surface area is 173 Å². The predicted molar refractivity (Wildman–Crippen MR) is 102 cm³/mol. The van der Waals surface area contributed by atoms with Gasteiger partial charge in [0.1, 0.15) is 23.7 Å². The molecule has 3 unspecified atom stereocenters. The molecule has 0 spiro atoms. The smallest absolute Gasteiger partial charge is 0.352 e. The van der Waals surface area contributed by atoms with Crippen molar-refractivity contribution in [2.75, 3.05) is 6.54 Å². The maximum Gasteiger partial charge on any atom is 0.419 e. The van der Waals surface area contributed by atoms with E-state index in [-0.39, 0.29) is 29.6 Å². The average molecular weight is 449 g/mol. The van der Waals surface area contributed by atoms with Crippen molar-refractivity contribution >= 4 is 16.8 Å². The summed E-state index contributed by atoms with van der Waals surface area (Å²) in [5, 5.41) is 4.62. The minimum atomic E-state index is -5.02. The molecule has 31 heavy (non-hydrogen) atoms. The summed E-state index contributed by atoms with van der Waals surface area (Å²) >= 11 is 0. The van der Waals surface area contributed by atoms with Gasteiger partial charge >= 0.3 is 6.18 Å². The third kappa shape index (κ3) is 4.70. The van der Waals surface area contributed by atoms with Crippen molar-refractivity contribution in [2.24, 2.45) is 0 Å². The zero-order valence-electron chi connectivity index (χ0n) is 16.7. The standard InChI is InChI=1S/C20H21F6N3O2/c1-8-11(6-15(30)28-9(2)18-13(23)5-10(21)7-27-18)19(31)29-14-4-3-12(22)17(16(8)14)20(24,25)26/h3-4,9-10,13,18,27H,5-7H2,1-2H3,(H,28,30)(H,29,31)/t9-,10?,13?,18?/m1/s1. The van der Waals surface area contributed by atoms with Crippen molar-refractivity contribution in [3.63, 3.8) is 0 Å². The van der Waals surface area contributed by atoms with Gasteiger partial charge < -0.3 is 15.6 Å². The zero-order valence-corrected chi connectivity index (χ0v) is 16.7. The van der Waals surface area contributed by atoms with Crippen LogP contribution < -0.4 is 16.2 Å². The molecule has 170 valence electrons. The van der Waals surface area contributed by atoms with Crippen LogP contribution in [0.1, 0.15) is 30.0 Å². The Balaban J connectivity index is 1.89. The number of aryl methyl sites for hydroxylation is 1. The number of benzene rings is 1. The van der Waals surface area contributed by atoms with E-state index in [0.29, 0.717) is 6.07 Å². The summed E-state index contributed by atoms with van der Waals surface area (Å²) in [6.07, 6.45) is -8.80. The van der Waals surface area contributed by atoms with Gasteiger partial charge in [-0.3, -0.25) is 9.59 Å². The fourth-order valence-corrected chi connectivity index (χ4v) is 3.99. The number of amides is 1. The summed E-state index contributed by atoms with van der Waals surface area (Å²) in [6, 6.07) is 0.0196. The molecular weight excluding hydrogens is 428 g/mol. The van der Waals surface area contributed by atoms with Crippen LogP contribution in [0, 0.1) is 12.7 Å². The monoisotopic (exact) mass is 449 g/mol. The summed E-state index contributed by atoms with van der Waals surface area (Å²) in [4.78, 5) is 27.1. The van der Waals surface area contributed by atoms with Gasteiger partial charge in [0.2, 0.25) is 5.91 Å². The minimum Gasteiger partial charge on any atom is -0.352 e. The van der Waals surface area contributed by atoms with E-state index in [0.717, 1.165) is 6.07 Å². The lowest BCUT2D eigenvalue weighted by molar-refractivity contribution is -0.138. The predicted octanol–water partition coefficient (Wildman–Crippen LogP) is 3.08. The lowest BCUT2D eigenvalue weighted by Crippen LogP contribution is -2.58. The molecule has 1 aromatic carbocycles. The number of H-pyrrole nitrogens is 1. The fourth-order valence-electron chi connectivity index (χ4n) is 3.99. The molecule has 4 atom stereocenters. The first kappa shape index (κ1) is 23.1. The molecule has 3 rings (SSSR count). The highest BCUT2D eigenvalue weighted by Gasteiger charge is 2.38. The van der Waals surface area contributed by atoms with Gasteiger partial charge in [-0.2, -0.15) is 13.2 Å². The van der Waals surface area contributed by atoms with Crippen LogP contribution in [-0.2, 0) is 17.4 Å². The first-order valence-electron chi connectivity index (χ1n) is 9.62. The van der Waals surface area contributed by atoms with Crippen molar-refractivity contribution < 1.29 is 31.1 Å². The maximum absolute atomic E-state index is 14.1. The molecule has 0 aliphatic carbocycles. The Bertz CT molecular complexity index is 1050. The minimum absolute atomic E-state index is 0.0689. The normalized spacial score (nSPS) is 23.0. The average Bonchev–Trinajstić information content (AvgIpc) is 2.64. The molecule has 11 heteroatoms. The lowest BCUT2D eigenvalue weighted by atomic mass is 9.95. The molecule has 1 saturated heterocycles. The van der Waals surface area contributed by atoms with Crippen molar-refractivity contribution in [2.45, 2.75) is 57.3 Å². The molecule has 0 bridgehead atoms. The Morgan fingerprint density at radius 3 is 2.58 bits per heavy atom. The van der Waals surface area contributed by atoms with Crippen molar-refractivity contribution in [3.8, 4) is 0 Å². The van der Waals surface area contributed by atoms with Crippen molar-refractivity contribution in [1.29, 1.82) is 0 Å². The molecule has 0 radical (unpaired) electrons. The van der Waals surface area contributed by atoms with Crippen LogP contribution in [0.5, 0.6) is 0 Å². The summed E-state index contributed by atoms with van der Waals surface area (Å²) in [5.41, 5.74) is -2.95. The van der Waals surface area contributed by atoms with Crippen LogP contribution in [0.4, 0.5) is 26.3 Å². The zero-order chi connectivity index (χ0) is 23.1. The topological polar surface area (TPSA) is 74.0 Å². The number of aromatic nitrogens is 1. The molecule has 5 nitrogen and oxygen atoms in total. The highest BCUT2D eigenvalue weighted by atomic mass is 19.4. The third-order valence-electron chi connectivity index (χ3n) is 5.50. The van der Waals surface area contributed by atoms with Gasteiger partial charge in [0.25, 0.3) is 5.56 Å². The number of carbonyl (C=O) groups excluding carboxylic acids is 1. The van der Waals surface area contributed by atoms with Crippen molar-refractivity contribution in [3.05, 3.63) is 45.0 Å². The first-order valence-corrected chi connectivity index (χ1v) is 9.62. The third-order valence-corrected chi connectivity index (χ3v) is 5.50. The summed E-state index contributed by atoms with van der Waals surface area (Å²) in [5.74, 6) is -2.23. The maximum atomic E-state index is 14.1. The number of fused-ring (bicyclic) bond motifs is 1. The van der Waals surface area contributed by atoms with E-state index in [1.807, 2.05) is 0 Å². The van der Waals surface area contributed by atoms with Crippen LogP contribution >= 0.6 is 0 Å². The fraction of sp³-hybridized carbons (Fsp3) is 0.500. The molecule has 1 amide bonds. The van der Waals surface area contributed by atoms with Crippen LogP contribution in [0.15, 0.2) is 16.9 Å². The highest BCUT2D eigenvalue weighted by molar-refractivity contribution is 5.89. The number of rotatable bonds is 4. The molecular formula is C20H21F6N3O2. The molecule has 1 fully saturated rings. The number of piperidine rings is 1. The summed E-state index contributed by atoms with van der Waals surface area (Å²) in [7, 11) is 0. The Hall–Kier alpha value is -2.56. The number of nitrogens with one attached hydrogen (secondary N) is 3. The molecule has 1 aromatic heterocycles. The summed E-state index contributed by atoms with van der Waals surface area (Å²) in [6.45, 7) is 2.63. The Kier molecular flexibility index (Phi) is 6.35. The van der Waals surface area contributed by atoms with Gasteiger partial charge in [-0.25, -0.2) is 13.2 Å². The molecule has 0 saturated carbocycles. The quantitative estimate of drug-likeness (QED) is 0.629. The van der Waals surface area contributed by atoms with E-state index < -0.39 is 65.3 Å². The number of hydrogen-bond acceptors (Lipinski definition) is 3. The number of pyridine rings is 1. The van der Waals surface area contributed by atoms with Gasteiger partial charge in [0.05, 0.1) is 12.5 Å². The van der Waals surface area contributed by atoms with Gasteiger partial charge in [0, 0.05) is 35.5 Å². The second-order valence-corrected chi connectivity index (χ2v) is 7.72. The van der Waals surface area contributed by atoms with E-state index in [1.54, 1.807) is 0 Å². The molecule has 1 aliphatic rings. The second kappa shape index (κ2) is 8.52. The summed E-state index contributed by atoms with van der Waals surface area (Å²) < 4.78 is 81.5. The molecule has 2 aromatic rings. The SMILES string of the molecule is Cc1c(CC(=O)N[C@H](C)C2NCC(F)CC2F)c(=O)[nH]c2ccc(F)c(C(F)(F)F)c12. The first-order chi connectivity index (χ1) is 14.4. The van der Waals surface area contributed by atoms with Gasteiger partial charge in [-0.1, -0.05) is 0 Å². The number of halogens is 6. The van der Waals surface area contributed by atoms with Crippen LogP contribution in [0.3, 0.4) is 0 Å². The van der Waals surface area contributed by atoms with E-state index in [4.69, 9.17) is 0 Å². The molecule has 2 heterocycles. The van der Waals surface area contributed by atoms with Crippen LogP contribution in [-0.4, -0.2) is 41.9 Å². The van der Waals surface area contributed by atoms with Gasteiger partial charge in [0.15, 0.2) is 0 Å². The Morgan fingerprint density at radius 1 is 1.29 bits per heavy atom. The molecule has 1 aliphatic heterocycles. The van der Waals surface area contributed by atoms with Crippen LogP contribution in [0.25, 0.3) is 10.9 Å². The van der Waals surface area contributed by atoms with Crippen molar-refractivity contribution in [1.82, 2.24) is 15.6 Å². The van der Waals surface area contributed by atoms with E-state index in [1.165, 1.54) is 13.8 Å². The highest BCUT2D eigenvalue weighted by Crippen LogP contribution is 2.37. The van der Waals surface area contributed by atoms with Gasteiger partial charge in [-0.15, -0.1) is 0 Å². The van der Waals surface area contributed by atoms with Crippen LogP contribution in [0.2, 0.25) is 0 Å². The largest absolute Gasteiger partial charge is 0.419 e. The van der Waals surface area contributed by atoms with Gasteiger partial charge in [-0.05, 0) is 31.5 Å².